The Morgan fingerprint density at radius 1 is 1.00 bits per heavy atom. The molecular weight excluding hydrogens is 418 g/mol. The molecular formula is C26H33N3O4. The highest BCUT2D eigenvalue weighted by atomic mass is 16.5. The number of likely N-dealkylation sites (N-methyl/N-ethyl adjacent to an activating group) is 1. The molecule has 1 heterocycles. The quantitative estimate of drug-likeness (QED) is 0.287. The van der Waals surface area contributed by atoms with Crippen molar-refractivity contribution in [2.75, 3.05) is 20.8 Å². The third kappa shape index (κ3) is 7.15. The van der Waals surface area contributed by atoms with Crippen molar-refractivity contribution in [3.8, 4) is 28.6 Å². The molecule has 3 aromatic rings. The molecule has 0 radical (unpaired) electrons. The topological polar surface area (TPSA) is 86.5 Å². The molecule has 0 aliphatic heterocycles. The molecule has 1 atom stereocenters. The molecule has 1 unspecified atom stereocenters. The highest BCUT2D eigenvalue weighted by molar-refractivity contribution is 5.76. The van der Waals surface area contributed by atoms with E-state index in [4.69, 9.17) is 14.0 Å². The van der Waals surface area contributed by atoms with Crippen molar-refractivity contribution in [3.05, 3.63) is 54.1 Å². The number of benzene rings is 2. The molecule has 176 valence electrons. The second-order valence-corrected chi connectivity index (χ2v) is 7.98. The minimum Gasteiger partial charge on any atom is -0.494 e. The summed E-state index contributed by atoms with van der Waals surface area (Å²) in [5, 5.41) is 7.09. The Bertz CT molecular complexity index is 984. The Hall–Kier alpha value is -3.19. The summed E-state index contributed by atoms with van der Waals surface area (Å²) in [7, 11) is 3.13. The monoisotopic (exact) mass is 451 g/mol. The maximum Gasteiger partial charge on any atom is 0.323 e. The van der Waals surface area contributed by atoms with Crippen LogP contribution in [-0.4, -0.2) is 42.9 Å². The molecule has 1 aromatic heterocycles. The van der Waals surface area contributed by atoms with Gasteiger partial charge in [-0.05, 0) is 61.9 Å². The number of nitrogens with one attached hydrogen (secondary N) is 1. The van der Waals surface area contributed by atoms with Crippen LogP contribution < -0.4 is 10.1 Å². The van der Waals surface area contributed by atoms with Crippen molar-refractivity contribution in [1.29, 1.82) is 0 Å². The first-order valence-electron chi connectivity index (χ1n) is 11.6. The van der Waals surface area contributed by atoms with Crippen LogP contribution in [0.15, 0.2) is 53.1 Å². The van der Waals surface area contributed by atoms with Crippen molar-refractivity contribution < 1.29 is 18.8 Å². The van der Waals surface area contributed by atoms with Gasteiger partial charge in [-0.15, -0.1) is 0 Å². The highest BCUT2D eigenvalue weighted by Crippen LogP contribution is 2.24. The van der Waals surface area contributed by atoms with Gasteiger partial charge in [-0.3, -0.25) is 4.79 Å². The van der Waals surface area contributed by atoms with Gasteiger partial charge < -0.3 is 19.3 Å². The second-order valence-electron chi connectivity index (χ2n) is 7.98. The highest BCUT2D eigenvalue weighted by Gasteiger charge is 2.17. The number of carbonyl (C=O) groups is 1. The van der Waals surface area contributed by atoms with Crippen molar-refractivity contribution >= 4 is 5.97 Å². The van der Waals surface area contributed by atoms with E-state index in [-0.39, 0.29) is 12.0 Å². The maximum atomic E-state index is 11.8. The molecule has 0 bridgehead atoms. The predicted octanol–water partition coefficient (Wildman–Crippen LogP) is 5.06. The first-order valence-corrected chi connectivity index (χ1v) is 11.6. The van der Waals surface area contributed by atoms with Crippen LogP contribution >= 0.6 is 0 Å². The molecule has 7 heteroatoms. The maximum absolute atomic E-state index is 11.8. The van der Waals surface area contributed by atoms with E-state index in [0.717, 1.165) is 35.5 Å². The van der Waals surface area contributed by atoms with Gasteiger partial charge in [-0.25, -0.2) is 0 Å². The number of unbranched alkanes of at least 4 members (excludes halogenated alkanes) is 4. The first kappa shape index (κ1) is 24.5. The molecule has 0 saturated heterocycles. The molecule has 33 heavy (non-hydrogen) atoms. The van der Waals surface area contributed by atoms with Gasteiger partial charge in [0.25, 0.3) is 5.89 Å². The van der Waals surface area contributed by atoms with Gasteiger partial charge in [-0.1, -0.05) is 49.9 Å². The van der Waals surface area contributed by atoms with E-state index in [2.05, 4.69) is 22.4 Å². The van der Waals surface area contributed by atoms with E-state index in [9.17, 15) is 4.79 Å². The normalized spacial score (nSPS) is 11.8. The van der Waals surface area contributed by atoms with E-state index in [1.54, 1.807) is 7.05 Å². The van der Waals surface area contributed by atoms with Crippen molar-refractivity contribution in [2.45, 2.75) is 51.5 Å². The fourth-order valence-corrected chi connectivity index (χ4v) is 3.52. The number of nitrogens with zero attached hydrogens (tertiary/aromatic N) is 2. The molecule has 7 nitrogen and oxygen atoms in total. The SMILES string of the molecule is CCCCCCCOc1ccc(-c2noc(-c3ccc(CC(NC)C(=O)OC)cc3)n2)cc1. The lowest BCUT2D eigenvalue weighted by Gasteiger charge is -2.13. The zero-order valence-electron chi connectivity index (χ0n) is 19.7. The van der Waals surface area contributed by atoms with E-state index in [1.165, 1.54) is 32.8 Å². The Morgan fingerprint density at radius 3 is 2.36 bits per heavy atom. The lowest BCUT2D eigenvalue weighted by atomic mass is 10.0. The minimum absolute atomic E-state index is 0.286. The Labute approximate surface area is 195 Å². The van der Waals surface area contributed by atoms with Crippen LogP contribution in [0.4, 0.5) is 0 Å². The summed E-state index contributed by atoms with van der Waals surface area (Å²) in [6, 6.07) is 15.1. The van der Waals surface area contributed by atoms with Gasteiger partial charge in [0, 0.05) is 11.1 Å². The summed E-state index contributed by atoms with van der Waals surface area (Å²) in [6.07, 6.45) is 6.63. The largest absolute Gasteiger partial charge is 0.494 e. The van der Waals surface area contributed by atoms with E-state index in [0.29, 0.717) is 18.1 Å². The minimum atomic E-state index is -0.385. The zero-order valence-corrected chi connectivity index (χ0v) is 19.7. The summed E-state index contributed by atoms with van der Waals surface area (Å²) < 4.78 is 16.1. The molecule has 0 saturated carbocycles. The van der Waals surface area contributed by atoms with Crippen molar-refractivity contribution in [2.24, 2.45) is 0 Å². The predicted molar refractivity (Wildman–Crippen MR) is 128 cm³/mol. The summed E-state index contributed by atoms with van der Waals surface area (Å²) in [5.41, 5.74) is 2.69. The molecule has 0 fully saturated rings. The van der Waals surface area contributed by atoms with Crippen molar-refractivity contribution in [1.82, 2.24) is 15.5 Å². The number of aromatic nitrogens is 2. The van der Waals surface area contributed by atoms with Crippen LogP contribution in [0.1, 0.15) is 44.6 Å². The number of ether oxygens (including phenoxy) is 2. The van der Waals surface area contributed by atoms with Gasteiger partial charge in [0.1, 0.15) is 11.8 Å². The number of esters is 1. The summed E-state index contributed by atoms with van der Waals surface area (Å²) >= 11 is 0. The first-order chi connectivity index (χ1) is 16.1. The van der Waals surface area contributed by atoms with Gasteiger partial charge in [0.2, 0.25) is 5.82 Å². The fourth-order valence-electron chi connectivity index (χ4n) is 3.52. The number of methoxy groups -OCH3 is 1. The van der Waals surface area contributed by atoms with Gasteiger partial charge in [0.05, 0.1) is 13.7 Å². The fraction of sp³-hybridized carbons (Fsp3) is 0.423. The van der Waals surface area contributed by atoms with Gasteiger partial charge in [-0.2, -0.15) is 4.98 Å². The van der Waals surface area contributed by atoms with Crippen molar-refractivity contribution in [3.63, 3.8) is 0 Å². The third-order valence-corrected chi connectivity index (χ3v) is 5.53. The zero-order chi connectivity index (χ0) is 23.5. The molecule has 0 amide bonds. The van der Waals surface area contributed by atoms with Crippen LogP contribution in [-0.2, 0) is 16.0 Å². The molecule has 1 N–H and O–H groups in total. The van der Waals surface area contributed by atoms with E-state index < -0.39 is 0 Å². The lowest BCUT2D eigenvalue weighted by Crippen LogP contribution is -2.36. The average molecular weight is 452 g/mol. The van der Waals surface area contributed by atoms with Crippen LogP contribution in [0.25, 0.3) is 22.8 Å². The van der Waals surface area contributed by atoms with Crippen LogP contribution in [0.3, 0.4) is 0 Å². The van der Waals surface area contributed by atoms with Gasteiger partial charge >= 0.3 is 5.97 Å². The van der Waals surface area contributed by atoms with Crippen LogP contribution in [0.2, 0.25) is 0 Å². The summed E-state index contributed by atoms with van der Waals surface area (Å²) in [6.45, 7) is 2.95. The summed E-state index contributed by atoms with van der Waals surface area (Å²) in [5.74, 6) is 1.54. The Balaban J connectivity index is 1.56. The third-order valence-electron chi connectivity index (χ3n) is 5.53. The number of rotatable bonds is 13. The lowest BCUT2D eigenvalue weighted by molar-refractivity contribution is -0.142. The number of hydrogen-bond donors (Lipinski definition) is 1. The second kappa shape index (κ2) is 12.7. The Morgan fingerprint density at radius 2 is 1.70 bits per heavy atom. The number of carbonyl (C=O) groups excluding carboxylic acids is 1. The molecule has 3 rings (SSSR count). The smallest absolute Gasteiger partial charge is 0.323 e. The Kier molecular flexibility index (Phi) is 9.44. The number of hydrogen-bond acceptors (Lipinski definition) is 7. The molecule has 0 aliphatic carbocycles. The van der Waals surface area contributed by atoms with Crippen LogP contribution in [0.5, 0.6) is 5.75 Å². The average Bonchev–Trinajstić information content (AvgIpc) is 3.35. The van der Waals surface area contributed by atoms with E-state index in [1.807, 2.05) is 48.5 Å². The standard InChI is InChI=1S/C26H33N3O4/c1-4-5-6-7-8-17-32-22-15-13-20(14-16-22)24-28-25(33-29-24)21-11-9-19(10-12-21)18-23(27-2)26(30)31-3/h9-16,23,27H,4-8,17-18H2,1-3H3. The molecule has 0 aliphatic rings. The summed E-state index contributed by atoms with van der Waals surface area (Å²) in [4.78, 5) is 16.3. The molecule has 0 spiro atoms. The van der Waals surface area contributed by atoms with Crippen LogP contribution in [0, 0.1) is 0 Å². The molecule has 2 aromatic carbocycles. The van der Waals surface area contributed by atoms with Gasteiger partial charge in [0.15, 0.2) is 0 Å². The van der Waals surface area contributed by atoms with E-state index >= 15 is 0 Å².